The second-order valence-electron chi connectivity index (χ2n) is 4.78. The Morgan fingerprint density at radius 3 is 2.46 bits per heavy atom. The number of ether oxygens (including phenoxy) is 2. The van der Waals surface area contributed by atoms with Gasteiger partial charge in [0.05, 0.1) is 13.1 Å². The lowest BCUT2D eigenvalue weighted by Gasteiger charge is -2.11. The minimum atomic E-state index is -1.32. The molecule has 0 fully saturated rings. The number of carboxylic acid groups (broad SMARTS) is 1. The molecule has 2 rings (SSSR count). The summed E-state index contributed by atoms with van der Waals surface area (Å²) in [6.07, 6.45) is 3.06. The fraction of sp³-hybridized carbons (Fsp3) is 0.111. The number of hydrogen-bond donors (Lipinski definition) is 0. The lowest BCUT2D eigenvalue weighted by molar-refractivity contribution is -0.307. The molecule has 2 aromatic carbocycles. The molecule has 0 aliphatic rings. The highest BCUT2D eigenvalue weighted by Crippen LogP contribution is 2.28. The number of carbonyl (C=O) groups is 2. The molecule has 0 aromatic heterocycles. The van der Waals surface area contributed by atoms with E-state index in [9.17, 15) is 14.7 Å². The quantitative estimate of drug-likeness (QED) is 0.569. The largest absolute Gasteiger partial charge is 0.546 e. The third kappa shape index (κ3) is 4.86. The zero-order valence-electron chi connectivity index (χ0n) is 12.8. The van der Waals surface area contributed by atoms with E-state index in [1.807, 2.05) is 0 Å². The standard InChI is InChI=1S/C18H15ClO5/c1-23-17-10-12(3-9-16(17)24-11-18(21)22)2-8-15(20)13-4-6-14(19)7-5-13/h2-10H,11H2,1H3,(H,21,22)/p-1/b8-2+. The molecule has 124 valence electrons. The van der Waals surface area contributed by atoms with Crippen LogP contribution in [0.5, 0.6) is 11.5 Å². The molecule has 0 saturated carbocycles. The molecule has 0 aliphatic carbocycles. The van der Waals surface area contributed by atoms with E-state index in [2.05, 4.69) is 0 Å². The average molecular weight is 346 g/mol. The smallest absolute Gasteiger partial charge is 0.185 e. The van der Waals surface area contributed by atoms with Crippen LogP contribution in [-0.2, 0) is 4.79 Å². The van der Waals surface area contributed by atoms with Crippen molar-refractivity contribution in [3.05, 3.63) is 64.7 Å². The molecule has 0 saturated heterocycles. The van der Waals surface area contributed by atoms with Crippen molar-refractivity contribution in [3.8, 4) is 11.5 Å². The predicted molar refractivity (Wildman–Crippen MR) is 88.3 cm³/mol. The Balaban J connectivity index is 2.12. The summed E-state index contributed by atoms with van der Waals surface area (Å²) in [6, 6.07) is 11.5. The Kier molecular flexibility index (Phi) is 5.98. The number of ketones is 1. The second kappa shape index (κ2) is 8.17. The molecular weight excluding hydrogens is 332 g/mol. The van der Waals surface area contributed by atoms with E-state index >= 15 is 0 Å². The van der Waals surface area contributed by atoms with Crippen molar-refractivity contribution >= 4 is 29.4 Å². The molecule has 5 nitrogen and oxygen atoms in total. The van der Waals surface area contributed by atoms with Gasteiger partial charge >= 0.3 is 0 Å². The van der Waals surface area contributed by atoms with Gasteiger partial charge in [-0.1, -0.05) is 23.7 Å². The van der Waals surface area contributed by atoms with Crippen LogP contribution >= 0.6 is 11.6 Å². The molecule has 0 bridgehead atoms. The lowest BCUT2D eigenvalue weighted by atomic mass is 10.1. The number of halogens is 1. The first kappa shape index (κ1) is 17.6. The molecular formula is C18H14ClO5-. The van der Waals surface area contributed by atoms with Gasteiger partial charge in [-0.3, -0.25) is 4.79 Å². The van der Waals surface area contributed by atoms with Crippen molar-refractivity contribution in [1.29, 1.82) is 0 Å². The van der Waals surface area contributed by atoms with E-state index < -0.39 is 12.6 Å². The second-order valence-corrected chi connectivity index (χ2v) is 5.21. The van der Waals surface area contributed by atoms with Crippen LogP contribution in [-0.4, -0.2) is 25.5 Å². The summed E-state index contributed by atoms with van der Waals surface area (Å²) in [5, 5.41) is 11.0. The van der Waals surface area contributed by atoms with E-state index in [0.29, 0.717) is 21.9 Å². The Morgan fingerprint density at radius 2 is 1.83 bits per heavy atom. The summed E-state index contributed by atoms with van der Waals surface area (Å²) in [5.41, 5.74) is 1.23. The first-order chi connectivity index (χ1) is 11.5. The van der Waals surface area contributed by atoms with Crippen molar-refractivity contribution < 1.29 is 24.2 Å². The van der Waals surface area contributed by atoms with Gasteiger partial charge in [-0.15, -0.1) is 0 Å². The first-order valence-corrected chi connectivity index (χ1v) is 7.36. The number of carboxylic acids is 1. The van der Waals surface area contributed by atoms with Crippen molar-refractivity contribution in [2.24, 2.45) is 0 Å². The maximum Gasteiger partial charge on any atom is 0.185 e. The maximum atomic E-state index is 12.1. The van der Waals surface area contributed by atoms with E-state index in [1.165, 1.54) is 13.2 Å². The average Bonchev–Trinajstić information content (AvgIpc) is 2.58. The molecule has 0 radical (unpaired) electrons. The van der Waals surface area contributed by atoms with Gasteiger partial charge in [0.25, 0.3) is 0 Å². The molecule has 6 heteroatoms. The normalized spacial score (nSPS) is 10.6. The lowest BCUT2D eigenvalue weighted by Crippen LogP contribution is -2.29. The molecule has 0 spiro atoms. The Hall–Kier alpha value is -2.79. The molecule has 24 heavy (non-hydrogen) atoms. The molecule has 0 amide bonds. The van der Waals surface area contributed by atoms with Gasteiger partial charge in [0.1, 0.15) is 6.61 Å². The van der Waals surface area contributed by atoms with Crippen LogP contribution in [0.4, 0.5) is 0 Å². The van der Waals surface area contributed by atoms with Crippen molar-refractivity contribution in [3.63, 3.8) is 0 Å². The zero-order valence-corrected chi connectivity index (χ0v) is 13.6. The van der Waals surface area contributed by atoms with Crippen LogP contribution in [0.15, 0.2) is 48.5 Å². The van der Waals surface area contributed by atoms with E-state index in [1.54, 1.807) is 48.5 Å². The molecule has 0 N–H and O–H groups in total. The molecule has 2 aromatic rings. The van der Waals surface area contributed by atoms with Crippen molar-refractivity contribution in [2.45, 2.75) is 0 Å². The van der Waals surface area contributed by atoms with Gasteiger partial charge in [-0.25, -0.2) is 0 Å². The maximum absolute atomic E-state index is 12.1. The zero-order chi connectivity index (χ0) is 17.5. The first-order valence-electron chi connectivity index (χ1n) is 6.98. The fourth-order valence-corrected chi connectivity index (χ4v) is 2.05. The van der Waals surface area contributed by atoms with Gasteiger partial charge in [-0.05, 0) is 48.0 Å². The van der Waals surface area contributed by atoms with Crippen LogP contribution in [0, 0.1) is 0 Å². The SMILES string of the molecule is COc1cc(/C=C/C(=O)c2ccc(Cl)cc2)ccc1OCC(=O)[O-]. The monoisotopic (exact) mass is 345 g/mol. The number of benzene rings is 2. The summed E-state index contributed by atoms with van der Waals surface area (Å²) in [4.78, 5) is 22.5. The number of allylic oxidation sites excluding steroid dienone is 1. The number of methoxy groups -OCH3 is 1. The third-order valence-corrected chi connectivity index (χ3v) is 3.34. The van der Waals surface area contributed by atoms with Gasteiger partial charge in [0.2, 0.25) is 0 Å². The van der Waals surface area contributed by atoms with E-state index in [0.717, 1.165) is 0 Å². The Morgan fingerprint density at radius 1 is 1.12 bits per heavy atom. The summed E-state index contributed by atoms with van der Waals surface area (Å²) in [5.74, 6) is -0.849. The van der Waals surface area contributed by atoms with E-state index in [-0.39, 0.29) is 11.5 Å². The highest BCUT2D eigenvalue weighted by atomic mass is 35.5. The number of hydrogen-bond acceptors (Lipinski definition) is 5. The number of carbonyl (C=O) groups excluding carboxylic acids is 2. The highest BCUT2D eigenvalue weighted by Gasteiger charge is 2.06. The minimum absolute atomic E-state index is 0.164. The molecule has 0 aliphatic heterocycles. The topological polar surface area (TPSA) is 75.7 Å². The van der Waals surface area contributed by atoms with E-state index in [4.69, 9.17) is 21.1 Å². The van der Waals surface area contributed by atoms with Crippen molar-refractivity contribution in [1.82, 2.24) is 0 Å². The minimum Gasteiger partial charge on any atom is -0.546 e. The number of aliphatic carboxylic acids is 1. The summed E-state index contributed by atoms with van der Waals surface area (Å²) in [6.45, 7) is -0.569. The number of rotatable bonds is 7. The van der Waals surface area contributed by atoms with Gasteiger partial charge in [0, 0.05) is 10.6 Å². The Bertz CT molecular complexity index is 765. The Labute approximate surface area is 144 Å². The van der Waals surface area contributed by atoms with Crippen LogP contribution in [0.1, 0.15) is 15.9 Å². The van der Waals surface area contributed by atoms with Gasteiger partial charge in [0.15, 0.2) is 17.3 Å². The summed E-state index contributed by atoms with van der Waals surface area (Å²) in [7, 11) is 1.44. The summed E-state index contributed by atoms with van der Waals surface area (Å²) < 4.78 is 10.2. The predicted octanol–water partition coefficient (Wildman–Crippen LogP) is 2.37. The summed E-state index contributed by atoms with van der Waals surface area (Å²) >= 11 is 5.79. The van der Waals surface area contributed by atoms with Crippen LogP contribution < -0.4 is 14.6 Å². The molecule has 0 heterocycles. The van der Waals surface area contributed by atoms with Gasteiger partial charge < -0.3 is 19.4 Å². The fourth-order valence-electron chi connectivity index (χ4n) is 1.93. The highest BCUT2D eigenvalue weighted by molar-refractivity contribution is 6.30. The van der Waals surface area contributed by atoms with Gasteiger partial charge in [-0.2, -0.15) is 0 Å². The molecule has 0 atom stereocenters. The van der Waals surface area contributed by atoms with Crippen LogP contribution in [0.3, 0.4) is 0 Å². The third-order valence-electron chi connectivity index (χ3n) is 3.09. The van der Waals surface area contributed by atoms with Crippen molar-refractivity contribution in [2.75, 3.05) is 13.7 Å². The van der Waals surface area contributed by atoms with Crippen LogP contribution in [0.25, 0.3) is 6.08 Å². The van der Waals surface area contributed by atoms with Crippen LogP contribution in [0.2, 0.25) is 5.02 Å². The molecule has 0 unspecified atom stereocenters.